The van der Waals surface area contributed by atoms with Gasteiger partial charge in [0.15, 0.2) is 0 Å². The highest BCUT2D eigenvalue weighted by Gasteiger charge is 2.05. The molecule has 1 heterocycles. The minimum absolute atomic E-state index is 0.273. The molecule has 3 N–H and O–H groups in total. The van der Waals surface area contributed by atoms with E-state index in [2.05, 4.69) is 22.2 Å². The van der Waals surface area contributed by atoms with Gasteiger partial charge in [-0.15, -0.1) is 0 Å². The molecule has 0 fully saturated rings. The molecular formula is C13H24N4O. The molecule has 102 valence electrons. The van der Waals surface area contributed by atoms with E-state index in [0.717, 1.165) is 37.6 Å². The predicted molar refractivity (Wildman–Crippen MR) is 74.8 cm³/mol. The summed E-state index contributed by atoms with van der Waals surface area (Å²) in [6, 6.07) is 1.75. The zero-order valence-corrected chi connectivity index (χ0v) is 11.6. The van der Waals surface area contributed by atoms with Crippen molar-refractivity contribution in [1.29, 1.82) is 0 Å². The lowest BCUT2D eigenvalue weighted by atomic mass is 10.2. The van der Waals surface area contributed by atoms with E-state index in [1.165, 1.54) is 0 Å². The van der Waals surface area contributed by atoms with Crippen LogP contribution in [0.1, 0.15) is 45.4 Å². The third kappa shape index (κ3) is 5.31. The van der Waals surface area contributed by atoms with Gasteiger partial charge in [0.1, 0.15) is 17.5 Å². The van der Waals surface area contributed by atoms with Crippen molar-refractivity contribution in [1.82, 2.24) is 9.97 Å². The summed E-state index contributed by atoms with van der Waals surface area (Å²) < 4.78 is 5.47. The standard InChI is InChI=1S/C13H24N4O/c1-4-5-7-18-8-6-15-12-9-11(14)16-13(17-12)10(2)3/h9-10H,4-8H2,1-3H3,(H3,14,15,16,17). The summed E-state index contributed by atoms with van der Waals surface area (Å²) in [5, 5.41) is 3.20. The molecular weight excluding hydrogens is 228 g/mol. The Balaban J connectivity index is 2.37. The molecule has 0 unspecified atom stereocenters. The van der Waals surface area contributed by atoms with Crippen LogP contribution in [0.2, 0.25) is 0 Å². The molecule has 0 radical (unpaired) electrons. The van der Waals surface area contributed by atoms with Gasteiger partial charge in [0.05, 0.1) is 6.61 Å². The quantitative estimate of drug-likeness (QED) is 0.695. The molecule has 0 saturated heterocycles. The van der Waals surface area contributed by atoms with Crippen molar-refractivity contribution in [2.45, 2.75) is 39.5 Å². The molecule has 5 nitrogen and oxygen atoms in total. The smallest absolute Gasteiger partial charge is 0.135 e. The first kappa shape index (κ1) is 14.7. The van der Waals surface area contributed by atoms with Gasteiger partial charge in [-0.3, -0.25) is 0 Å². The van der Waals surface area contributed by atoms with E-state index in [0.29, 0.717) is 12.4 Å². The zero-order chi connectivity index (χ0) is 13.4. The van der Waals surface area contributed by atoms with Crippen LogP contribution in [-0.4, -0.2) is 29.7 Å². The molecule has 18 heavy (non-hydrogen) atoms. The maximum atomic E-state index is 5.74. The van der Waals surface area contributed by atoms with Gasteiger partial charge < -0.3 is 15.8 Å². The van der Waals surface area contributed by atoms with Crippen LogP contribution in [0, 0.1) is 0 Å². The number of nitrogens with two attached hydrogens (primary N) is 1. The van der Waals surface area contributed by atoms with Gasteiger partial charge in [0.25, 0.3) is 0 Å². The largest absolute Gasteiger partial charge is 0.384 e. The van der Waals surface area contributed by atoms with Crippen LogP contribution >= 0.6 is 0 Å². The van der Waals surface area contributed by atoms with E-state index in [1.54, 1.807) is 6.07 Å². The first-order valence-corrected chi connectivity index (χ1v) is 6.59. The second-order valence-electron chi connectivity index (χ2n) is 4.58. The van der Waals surface area contributed by atoms with Crippen molar-refractivity contribution in [3.63, 3.8) is 0 Å². The van der Waals surface area contributed by atoms with E-state index in [4.69, 9.17) is 10.5 Å². The monoisotopic (exact) mass is 252 g/mol. The summed E-state index contributed by atoms with van der Waals surface area (Å²) in [7, 11) is 0. The molecule has 1 aromatic heterocycles. The highest BCUT2D eigenvalue weighted by molar-refractivity contribution is 5.44. The van der Waals surface area contributed by atoms with Crippen LogP contribution in [0.4, 0.5) is 11.6 Å². The normalized spacial score (nSPS) is 10.9. The number of rotatable bonds is 8. The van der Waals surface area contributed by atoms with Crippen molar-refractivity contribution in [3.05, 3.63) is 11.9 Å². The third-order valence-corrected chi connectivity index (χ3v) is 2.47. The summed E-state index contributed by atoms with van der Waals surface area (Å²) in [4.78, 5) is 8.61. The summed E-state index contributed by atoms with van der Waals surface area (Å²) in [6.45, 7) is 8.48. The van der Waals surface area contributed by atoms with Crippen molar-refractivity contribution >= 4 is 11.6 Å². The fraction of sp³-hybridized carbons (Fsp3) is 0.692. The van der Waals surface area contributed by atoms with Gasteiger partial charge in [-0.1, -0.05) is 27.2 Å². The molecule has 0 atom stereocenters. The summed E-state index contributed by atoms with van der Waals surface area (Å²) in [6.07, 6.45) is 2.27. The molecule has 0 aliphatic carbocycles. The number of anilines is 2. The molecule has 1 aromatic rings. The van der Waals surface area contributed by atoms with Crippen molar-refractivity contribution in [2.75, 3.05) is 30.8 Å². The lowest BCUT2D eigenvalue weighted by molar-refractivity contribution is 0.141. The Morgan fingerprint density at radius 2 is 2.11 bits per heavy atom. The Kier molecular flexibility index (Phi) is 6.43. The van der Waals surface area contributed by atoms with Gasteiger partial charge in [-0.25, -0.2) is 9.97 Å². The minimum Gasteiger partial charge on any atom is -0.384 e. The number of nitrogen functional groups attached to an aromatic ring is 1. The van der Waals surface area contributed by atoms with Gasteiger partial charge in [-0.05, 0) is 6.42 Å². The second-order valence-corrected chi connectivity index (χ2v) is 4.58. The number of ether oxygens (including phenoxy) is 1. The molecule has 0 saturated carbocycles. The van der Waals surface area contributed by atoms with Gasteiger partial charge in [-0.2, -0.15) is 0 Å². The molecule has 5 heteroatoms. The van der Waals surface area contributed by atoms with E-state index >= 15 is 0 Å². The average molecular weight is 252 g/mol. The first-order chi connectivity index (χ1) is 8.63. The van der Waals surface area contributed by atoms with Crippen LogP contribution in [0.25, 0.3) is 0 Å². The molecule has 0 aliphatic rings. The lowest BCUT2D eigenvalue weighted by Gasteiger charge is -2.10. The van der Waals surface area contributed by atoms with Gasteiger partial charge in [0, 0.05) is 25.1 Å². The predicted octanol–water partition coefficient (Wildman–Crippen LogP) is 2.41. The van der Waals surface area contributed by atoms with Crippen molar-refractivity contribution < 1.29 is 4.74 Å². The maximum Gasteiger partial charge on any atom is 0.135 e. The maximum absolute atomic E-state index is 5.74. The van der Waals surface area contributed by atoms with Crippen LogP contribution < -0.4 is 11.1 Å². The van der Waals surface area contributed by atoms with Crippen LogP contribution in [0.3, 0.4) is 0 Å². The Labute approximate surface area is 109 Å². The SMILES string of the molecule is CCCCOCCNc1cc(N)nc(C(C)C)n1. The second kappa shape index (κ2) is 7.87. The molecule has 0 bridgehead atoms. The van der Waals surface area contributed by atoms with Crippen LogP contribution in [0.5, 0.6) is 0 Å². The number of hydrogen-bond donors (Lipinski definition) is 2. The van der Waals surface area contributed by atoms with E-state index in [9.17, 15) is 0 Å². The Hall–Kier alpha value is -1.36. The topological polar surface area (TPSA) is 73.1 Å². The fourth-order valence-electron chi connectivity index (χ4n) is 1.43. The van der Waals surface area contributed by atoms with Gasteiger partial charge in [0.2, 0.25) is 0 Å². The third-order valence-electron chi connectivity index (χ3n) is 2.47. The van der Waals surface area contributed by atoms with E-state index < -0.39 is 0 Å². The number of unbranched alkanes of at least 4 members (excludes halogenated alkanes) is 1. The summed E-state index contributed by atoms with van der Waals surface area (Å²) >= 11 is 0. The van der Waals surface area contributed by atoms with E-state index in [1.807, 2.05) is 13.8 Å². The van der Waals surface area contributed by atoms with Gasteiger partial charge >= 0.3 is 0 Å². The van der Waals surface area contributed by atoms with Crippen molar-refractivity contribution in [3.8, 4) is 0 Å². The highest BCUT2D eigenvalue weighted by atomic mass is 16.5. The molecule has 1 rings (SSSR count). The number of nitrogens with one attached hydrogen (secondary N) is 1. The van der Waals surface area contributed by atoms with Crippen LogP contribution in [-0.2, 0) is 4.74 Å². The fourth-order valence-corrected chi connectivity index (χ4v) is 1.43. The zero-order valence-electron chi connectivity index (χ0n) is 11.6. The summed E-state index contributed by atoms with van der Waals surface area (Å²) in [5.74, 6) is 2.31. The number of hydrogen-bond acceptors (Lipinski definition) is 5. The number of aromatic nitrogens is 2. The number of nitrogens with zero attached hydrogens (tertiary/aromatic N) is 2. The Morgan fingerprint density at radius 1 is 1.33 bits per heavy atom. The molecule has 0 aromatic carbocycles. The summed E-state index contributed by atoms with van der Waals surface area (Å²) in [5.41, 5.74) is 5.74. The Morgan fingerprint density at radius 3 is 2.78 bits per heavy atom. The highest BCUT2D eigenvalue weighted by Crippen LogP contribution is 2.14. The molecule has 0 amide bonds. The molecule has 0 aliphatic heterocycles. The average Bonchev–Trinajstić information content (AvgIpc) is 2.33. The lowest BCUT2D eigenvalue weighted by Crippen LogP contribution is -2.13. The van der Waals surface area contributed by atoms with Crippen molar-refractivity contribution in [2.24, 2.45) is 0 Å². The molecule has 0 spiro atoms. The Bertz CT molecular complexity index is 355. The van der Waals surface area contributed by atoms with Crippen LogP contribution in [0.15, 0.2) is 6.07 Å². The first-order valence-electron chi connectivity index (χ1n) is 6.59. The van der Waals surface area contributed by atoms with E-state index in [-0.39, 0.29) is 5.92 Å². The minimum atomic E-state index is 0.273.